The van der Waals surface area contributed by atoms with Crippen molar-refractivity contribution in [3.8, 4) is 0 Å². The van der Waals surface area contributed by atoms with Gasteiger partial charge in [0.2, 0.25) is 5.91 Å². The zero-order valence-electron chi connectivity index (χ0n) is 11.1. The Kier molecular flexibility index (Phi) is 6.44. The lowest BCUT2D eigenvalue weighted by Crippen LogP contribution is -2.43. The molecule has 0 saturated carbocycles. The van der Waals surface area contributed by atoms with Gasteiger partial charge in [-0.1, -0.05) is 0 Å². The Hall–Kier alpha value is -1.12. The number of halogens is 3. The molecular weight excluding hydrogens is 293 g/mol. The van der Waals surface area contributed by atoms with Crippen LogP contribution in [0, 0.1) is 0 Å². The van der Waals surface area contributed by atoms with Crippen molar-refractivity contribution in [2.45, 2.75) is 12.7 Å². The molecule has 1 aromatic rings. The second-order valence-corrected chi connectivity index (χ2v) is 5.21. The maximum Gasteiger partial charge on any atom is 0.401 e. The first-order chi connectivity index (χ1) is 9.31. The molecule has 4 nitrogen and oxygen atoms in total. The molecule has 0 radical (unpaired) electrons. The number of aliphatic hydroxyl groups is 1. The summed E-state index contributed by atoms with van der Waals surface area (Å²) in [4.78, 5) is 14.2. The summed E-state index contributed by atoms with van der Waals surface area (Å²) in [6, 6.07) is 1.86. The first-order valence-corrected chi connectivity index (χ1v) is 6.91. The van der Waals surface area contributed by atoms with Crippen molar-refractivity contribution in [3.05, 3.63) is 22.4 Å². The lowest BCUT2D eigenvalue weighted by molar-refractivity contribution is -0.152. The molecule has 0 unspecified atom stereocenters. The van der Waals surface area contributed by atoms with Crippen LogP contribution < -0.4 is 0 Å². The maximum absolute atomic E-state index is 12.3. The maximum atomic E-state index is 12.3. The van der Waals surface area contributed by atoms with E-state index in [0.29, 0.717) is 6.54 Å². The highest BCUT2D eigenvalue weighted by Crippen LogP contribution is 2.16. The first-order valence-electron chi connectivity index (χ1n) is 5.97. The lowest BCUT2D eigenvalue weighted by Gasteiger charge is -2.25. The molecule has 114 valence electrons. The van der Waals surface area contributed by atoms with Crippen molar-refractivity contribution < 1.29 is 23.1 Å². The zero-order chi connectivity index (χ0) is 15.2. The van der Waals surface area contributed by atoms with E-state index >= 15 is 0 Å². The molecule has 0 aliphatic heterocycles. The molecule has 20 heavy (non-hydrogen) atoms. The number of carbonyl (C=O) groups excluding carboxylic acids is 1. The fourth-order valence-corrected chi connectivity index (χ4v) is 2.33. The minimum absolute atomic E-state index is 0.183. The van der Waals surface area contributed by atoms with Crippen LogP contribution >= 0.6 is 11.3 Å². The normalized spacial score (nSPS) is 11.9. The Morgan fingerprint density at radius 1 is 1.45 bits per heavy atom. The number of aliphatic hydroxyl groups excluding tert-OH is 1. The third-order valence-electron chi connectivity index (χ3n) is 2.60. The predicted octanol–water partition coefficient (Wildman–Crippen LogP) is 1.56. The van der Waals surface area contributed by atoms with E-state index in [9.17, 15) is 18.0 Å². The topological polar surface area (TPSA) is 43.8 Å². The van der Waals surface area contributed by atoms with E-state index in [0.717, 1.165) is 10.5 Å². The van der Waals surface area contributed by atoms with Gasteiger partial charge in [-0.3, -0.25) is 9.69 Å². The number of rotatable bonds is 7. The van der Waals surface area contributed by atoms with Gasteiger partial charge >= 0.3 is 6.18 Å². The summed E-state index contributed by atoms with van der Waals surface area (Å²) < 4.78 is 37.0. The lowest BCUT2D eigenvalue weighted by atomic mass is 10.3. The van der Waals surface area contributed by atoms with Crippen molar-refractivity contribution in [2.24, 2.45) is 0 Å². The Morgan fingerprint density at radius 2 is 2.15 bits per heavy atom. The number of thiophene rings is 1. The van der Waals surface area contributed by atoms with Gasteiger partial charge < -0.3 is 10.0 Å². The average molecular weight is 310 g/mol. The number of amides is 1. The zero-order valence-corrected chi connectivity index (χ0v) is 11.9. The number of hydrogen-bond donors (Lipinski definition) is 1. The molecule has 0 aromatic carbocycles. The van der Waals surface area contributed by atoms with Crippen molar-refractivity contribution in [2.75, 3.05) is 33.3 Å². The molecule has 0 atom stereocenters. The molecule has 0 aliphatic rings. The Balaban J connectivity index is 2.51. The van der Waals surface area contributed by atoms with Crippen molar-refractivity contribution in [1.29, 1.82) is 0 Å². The van der Waals surface area contributed by atoms with Gasteiger partial charge in [0.05, 0.1) is 19.7 Å². The average Bonchev–Trinajstić information content (AvgIpc) is 2.79. The summed E-state index contributed by atoms with van der Waals surface area (Å²) >= 11 is 1.49. The van der Waals surface area contributed by atoms with Gasteiger partial charge in [0.15, 0.2) is 0 Å². The Labute approximate surface area is 119 Å². The molecule has 1 heterocycles. The fraction of sp³-hybridized carbons (Fsp3) is 0.583. The second-order valence-electron chi connectivity index (χ2n) is 4.43. The van der Waals surface area contributed by atoms with E-state index < -0.39 is 25.2 Å². The fourth-order valence-electron chi connectivity index (χ4n) is 1.67. The Morgan fingerprint density at radius 3 is 2.65 bits per heavy atom. The van der Waals surface area contributed by atoms with Gasteiger partial charge in [-0.25, -0.2) is 0 Å². The van der Waals surface area contributed by atoms with Crippen LogP contribution in [-0.4, -0.2) is 60.3 Å². The highest BCUT2D eigenvalue weighted by molar-refractivity contribution is 7.07. The quantitative estimate of drug-likeness (QED) is 0.831. The van der Waals surface area contributed by atoms with Gasteiger partial charge in [-0.2, -0.15) is 24.5 Å². The van der Waals surface area contributed by atoms with E-state index in [1.165, 1.54) is 16.2 Å². The summed E-state index contributed by atoms with van der Waals surface area (Å²) in [5, 5.41) is 12.5. The molecule has 0 bridgehead atoms. The van der Waals surface area contributed by atoms with Crippen molar-refractivity contribution in [1.82, 2.24) is 9.80 Å². The number of likely N-dealkylation sites (N-methyl/N-ethyl adjacent to an activating group) is 1. The highest BCUT2D eigenvalue weighted by Gasteiger charge is 2.31. The van der Waals surface area contributed by atoms with Crippen LogP contribution in [0.2, 0.25) is 0 Å². The second kappa shape index (κ2) is 7.61. The number of hydrogen-bond acceptors (Lipinski definition) is 4. The third-order valence-corrected chi connectivity index (χ3v) is 3.34. The molecule has 1 aromatic heterocycles. The molecule has 1 N–H and O–H groups in total. The van der Waals surface area contributed by atoms with Crippen LogP contribution in [-0.2, 0) is 11.3 Å². The van der Waals surface area contributed by atoms with E-state index in [-0.39, 0.29) is 13.1 Å². The summed E-state index contributed by atoms with van der Waals surface area (Å²) in [6.45, 7) is -1.80. The van der Waals surface area contributed by atoms with Crippen LogP contribution in [0.1, 0.15) is 5.56 Å². The standard InChI is InChI=1S/C12H17F3N2O2S/c1-16(6-10-2-5-20-8-10)11(19)7-17(3-4-18)9-12(13,14)15/h2,5,8,18H,3-4,6-7,9H2,1H3. The van der Waals surface area contributed by atoms with E-state index in [4.69, 9.17) is 5.11 Å². The minimum atomic E-state index is -4.39. The van der Waals surface area contributed by atoms with Gasteiger partial charge in [-0.05, 0) is 22.4 Å². The number of alkyl halides is 3. The third kappa shape index (κ3) is 6.36. The van der Waals surface area contributed by atoms with Crippen LogP contribution in [0.3, 0.4) is 0 Å². The summed E-state index contributed by atoms with van der Waals surface area (Å²) in [5.41, 5.74) is 0.940. The molecule has 8 heteroatoms. The highest BCUT2D eigenvalue weighted by atomic mass is 32.1. The van der Waals surface area contributed by atoms with Gasteiger partial charge in [0.1, 0.15) is 0 Å². The molecular formula is C12H17F3N2O2S. The monoisotopic (exact) mass is 310 g/mol. The van der Waals surface area contributed by atoms with E-state index in [1.807, 2.05) is 16.8 Å². The smallest absolute Gasteiger partial charge is 0.395 e. The van der Waals surface area contributed by atoms with Gasteiger partial charge in [-0.15, -0.1) is 0 Å². The Bertz CT molecular complexity index is 409. The van der Waals surface area contributed by atoms with Gasteiger partial charge in [0.25, 0.3) is 0 Å². The summed E-state index contributed by atoms with van der Waals surface area (Å²) in [7, 11) is 1.55. The molecule has 0 spiro atoms. The molecule has 1 rings (SSSR count). The predicted molar refractivity (Wildman–Crippen MR) is 70.4 cm³/mol. The largest absolute Gasteiger partial charge is 0.401 e. The van der Waals surface area contributed by atoms with Crippen molar-refractivity contribution in [3.63, 3.8) is 0 Å². The number of nitrogens with zero attached hydrogens (tertiary/aromatic N) is 2. The SMILES string of the molecule is CN(Cc1ccsc1)C(=O)CN(CCO)CC(F)(F)F. The van der Waals surface area contributed by atoms with Crippen LogP contribution in [0.25, 0.3) is 0 Å². The van der Waals surface area contributed by atoms with Crippen molar-refractivity contribution >= 4 is 17.2 Å². The minimum Gasteiger partial charge on any atom is -0.395 e. The molecule has 0 saturated heterocycles. The molecule has 1 amide bonds. The molecule has 0 fully saturated rings. The first kappa shape index (κ1) is 16.9. The van der Waals surface area contributed by atoms with Crippen LogP contribution in [0.5, 0.6) is 0 Å². The van der Waals surface area contributed by atoms with Crippen LogP contribution in [0.4, 0.5) is 13.2 Å². The van der Waals surface area contributed by atoms with E-state index in [2.05, 4.69) is 0 Å². The van der Waals surface area contributed by atoms with Gasteiger partial charge in [0, 0.05) is 20.1 Å². The summed E-state index contributed by atoms with van der Waals surface area (Å²) in [6.07, 6.45) is -4.39. The molecule has 0 aliphatic carbocycles. The number of carbonyl (C=O) groups is 1. The van der Waals surface area contributed by atoms with Crippen LogP contribution in [0.15, 0.2) is 16.8 Å². The summed E-state index contributed by atoms with van der Waals surface area (Å²) in [5.74, 6) is -0.408. The van der Waals surface area contributed by atoms with E-state index in [1.54, 1.807) is 7.05 Å².